The van der Waals surface area contributed by atoms with Gasteiger partial charge in [-0.1, -0.05) is 60.1 Å². The molecule has 2 aromatic carbocycles. The highest BCUT2D eigenvalue weighted by Gasteiger charge is 2.19. The summed E-state index contributed by atoms with van der Waals surface area (Å²) in [5.74, 6) is 0.102. The van der Waals surface area contributed by atoms with Gasteiger partial charge in [-0.2, -0.15) is 0 Å². The maximum absolute atomic E-state index is 12.7. The summed E-state index contributed by atoms with van der Waals surface area (Å²) in [6.45, 7) is 0.661. The average Bonchev–Trinajstić information content (AvgIpc) is 2.69. The Hall–Kier alpha value is -2.92. The van der Waals surface area contributed by atoms with Crippen molar-refractivity contribution in [2.75, 3.05) is 23.8 Å². The zero-order valence-corrected chi connectivity index (χ0v) is 15.1. The van der Waals surface area contributed by atoms with Crippen molar-refractivity contribution in [3.8, 4) is 0 Å². The molecule has 0 aliphatic heterocycles. The lowest BCUT2D eigenvalue weighted by Crippen LogP contribution is -2.27. The summed E-state index contributed by atoms with van der Waals surface area (Å²) >= 11 is 6.15. The zero-order chi connectivity index (χ0) is 18.4. The van der Waals surface area contributed by atoms with E-state index in [9.17, 15) is 4.79 Å². The number of amides is 1. The Morgan fingerprint density at radius 3 is 2.42 bits per heavy atom. The first-order valence-electron chi connectivity index (χ1n) is 8.28. The number of anilines is 2. The van der Waals surface area contributed by atoms with Crippen LogP contribution in [0, 0.1) is 0 Å². The summed E-state index contributed by atoms with van der Waals surface area (Å²) in [4.78, 5) is 22.7. The summed E-state index contributed by atoms with van der Waals surface area (Å²) in [6, 6.07) is 19.5. The Morgan fingerprint density at radius 2 is 1.73 bits per heavy atom. The topological polar surface area (TPSA) is 58.1 Å². The van der Waals surface area contributed by atoms with Crippen molar-refractivity contribution in [3.05, 3.63) is 83.1 Å². The molecule has 0 atom stereocenters. The van der Waals surface area contributed by atoms with Crippen molar-refractivity contribution in [3.63, 3.8) is 0 Å². The third kappa shape index (κ3) is 4.37. The fourth-order valence-electron chi connectivity index (χ4n) is 2.49. The molecule has 0 aliphatic rings. The van der Waals surface area contributed by atoms with Gasteiger partial charge in [-0.15, -0.1) is 0 Å². The standard InChI is InChI=1S/C20H19ClN4O/c1-25(16-10-6-3-7-11-16)19(26)18-17(21)14-23-20(24-18)22-13-12-15-8-4-2-5-9-15/h2-11,14H,12-13H2,1H3,(H,22,23,24). The molecule has 132 valence electrons. The predicted octanol–water partition coefficient (Wildman–Crippen LogP) is 4.06. The maximum atomic E-state index is 12.7. The lowest BCUT2D eigenvalue weighted by Gasteiger charge is -2.17. The van der Waals surface area contributed by atoms with Crippen LogP contribution in [0.3, 0.4) is 0 Å². The minimum absolute atomic E-state index is 0.176. The van der Waals surface area contributed by atoms with Gasteiger partial charge in [0.15, 0.2) is 5.69 Å². The molecular formula is C20H19ClN4O. The van der Waals surface area contributed by atoms with Gasteiger partial charge in [0.1, 0.15) is 0 Å². The van der Waals surface area contributed by atoms with Crippen LogP contribution in [0.25, 0.3) is 0 Å². The van der Waals surface area contributed by atoms with Crippen molar-refractivity contribution in [2.45, 2.75) is 6.42 Å². The summed E-state index contributed by atoms with van der Waals surface area (Å²) in [5.41, 5.74) is 2.16. The number of benzene rings is 2. The average molecular weight is 367 g/mol. The van der Waals surface area contributed by atoms with Crippen LogP contribution in [-0.2, 0) is 6.42 Å². The van der Waals surface area contributed by atoms with E-state index in [0.29, 0.717) is 12.5 Å². The van der Waals surface area contributed by atoms with Crippen molar-refractivity contribution in [2.24, 2.45) is 0 Å². The Kier molecular flexibility index (Phi) is 5.81. The van der Waals surface area contributed by atoms with E-state index in [4.69, 9.17) is 11.6 Å². The second-order valence-corrected chi connectivity index (χ2v) is 6.16. The molecule has 0 saturated carbocycles. The second kappa shape index (κ2) is 8.45. The molecule has 0 spiro atoms. The molecule has 0 bridgehead atoms. The van der Waals surface area contributed by atoms with Gasteiger partial charge >= 0.3 is 0 Å². The molecule has 0 saturated heterocycles. The summed E-state index contributed by atoms with van der Waals surface area (Å²) in [6.07, 6.45) is 2.28. The number of carbonyl (C=O) groups excluding carboxylic acids is 1. The third-order valence-corrected chi connectivity index (χ3v) is 4.21. The van der Waals surface area contributed by atoms with Crippen molar-refractivity contribution < 1.29 is 4.79 Å². The highest BCUT2D eigenvalue weighted by Crippen LogP contribution is 2.19. The van der Waals surface area contributed by atoms with Crippen LogP contribution >= 0.6 is 11.6 Å². The quantitative estimate of drug-likeness (QED) is 0.714. The molecule has 26 heavy (non-hydrogen) atoms. The molecule has 1 N–H and O–H groups in total. The number of para-hydroxylation sites is 1. The van der Waals surface area contributed by atoms with Crippen LogP contribution in [0.5, 0.6) is 0 Å². The Morgan fingerprint density at radius 1 is 1.08 bits per heavy atom. The molecule has 0 fully saturated rings. The van der Waals surface area contributed by atoms with Crippen molar-refractivity contribution in [1.29, 1.82) is 0 Å². The Balaban J connectivity index is 1.70. The van der Waals surface area contributed by atoms with Gasteiger partial charge in [0.25, 0.3) is 5.91 Å². The first kappa shape index (κ1) is 17.9. The van der Waals surface area contributed by atoms with Crippen molar-refractivity contribution in [1.82, 2.24) is 9.97 Å². The highest BCUT2D eigenvalue weighted by molar-refractivity contribution is 6.34. The van der Waals surface area contributed by atoms with E-state index in [0.717, 1.165) is 12.1 Å². The number of hydrogen-bond acceptors (Lipinski definition) is 4. The number of carbonyl (C=O) groups is 1. The monoisotopic (exact) mass is 366 g/mol. The van der Waals surface area contributed by atoms with E-state index < -0.39 is 0 Å². The number of rotatable bonds is 6. The zero-order valence-electron chi connectivity index (χ0n) is 14.4. The van der Waals surface area contributed by atoms with E-state index in [2.05, 4.69) is 27.4 Å². The van der Waals surface area contributed by atoms with Crippen LogP contribution in [0.1, 0.15) is 16.1 Å². The normalized spacial score (nSPS) is 10.4. The summed E-state index contributed by atoms with van der Waals surface area (Å²) in [5, 5.41) is 3.37. The van der Waals surface area contributed by atoms with Crippen LogP contribution < -0.4 is 10.2 Å². The van der Waals surface area contributed by atoms with E-state index >= 15 is 0 Å². The molecule has 3 rings (SSSR count). The number of hydrogen-bond donors (Lipinski definition) is 1. The molecule has 1 amide bonds. The Bertz CT molecular complexity index is 871. The SMILES string of the molecule is CN(C(=O)c1nc(NCCc2ccccc2)ncc1Cl)c1ccccc1. The summed E-state index contributed by atoms with van der Waals surface area (Å²) in [7, 11) is 1.69. The van der Waals surface area contributed by atoms with E-state index in [1.165, 1.54) is 16.7 Å². The second-order valence-electron chi connectivity index (χ2n) is 5.75. The number of nitrogens with one attached hydrogen (secondary N) is 1. The lowest BCUT2D eigenvalue weighted by molar-refractivity contribution is 0.0988. The molecule has 1 heterocycles. The van der Waals surface area contributed by atoms with Crippen LogP contribution in [0.15, 0.2) is 66.9 Å². The highest BCUT2D eigenvalue weighted by atomic mass is 35.5. The molecule has 0 radical (unpaired) electrons. The molecule has 5 nitrogen and oxygen atoms in total. The van der Waals surface area contributed by atoms with E-state index in [1.54, 1.807) is 7.05 Å². The molecule has 1 aromatic heterocycles. The molecule has 0 aliphatic carbocycles. The summed E-state index contributed by atoms with van der Waals surface area (Å²) < 4.78 is 0. The first-order valence-corrected chi connectivity index (χ1v) is 8.66. The smallest absolute Gasteiger partial charge is 0.278 e. The third-order valence-electron chi connectivity index (χ3n) is 3.93. The van der Waals surface area contributed by atoms with Crippen LogP contribution in [-0.4, -0.2) is 29.5 Å². The molecular weight excluding hydrogens is 348 g/mol. The van der Waals surface area contributed by atoms with Crippen molar-refractivity contribution >= 4 is 29.1 Å². The lowest BCUT2D eigenvalue weighted by atomic mass is 10.1. The number of nitrogens with zero attached hydrogens (tertiary/aromatic N) is 3. The fourth-order valence-corrected chi connectivity index (χ4v) is 2.67. The van der Waals surface area contributed by atoms with Gasteiger partial charge in [-0.25, -0.2) is 9.97 Å². The molecule has 0 unspecified atom stereocenters. The fraction of sp³-hybridized carbons (Fsp3) is 0.150. The van der Waals surface area contributed by atoms with Gasteiger partial charge in [0, 0.05) is 19.3 Å². The van der Waals surface area contributed by atoms with E-state index in [1.807, 2.05) is 48.5 Å². The number of aromatic nitrogens is 2. The molecule has 3 aromatic rings. The van der Waals surface area contributed by atoms with Gasteiger partial charge < -0.3 is 10.2 Å². The minimum atomic E-state index is -0.283. The van der Waals surface area contributed by atoms with Crippen LogP contribution in [0.4, 0.5) is 11.6 Å². The van der Waals surface area contributed by atoms with Gasteiger partial charge in [-0.3, -0.25) is 4.79 Å². The maximum Gasteiger partial charge on any atom is 0.278 e. The van der Waals surface area contributed by atoms with E-state index in [-0.39, 0.29) is 16.6 Å². The predicted molar refractivity (Wildman–Crippen MR) is 105 cm³/mol. The Labute approximate surface area is 157 Å². The van der Waals surface area contributed by atoms with Gasteiger partial charge in [-0.05, 0) is 24.1 Å². The van der Waals surface area contributed by atoms with Gasteiger partial charge in [0.2, 0.25) is 5.95 Å². The van der Waals surface area contributed by atoms with Gasteiger partial charge in [0.05, 0.1) is 11.2 Å². The molecule has 6 heteroatoms. The van der Waals surface area contributed by atoms with Crippen LogP contribution in [0.2, 0.25) is 5.02 Å². The first-order chi connectivity index (χ1) is 12.6. The minimum Gasteiger partial charge on any atom is -0.354 e. The largest absolute Gasteiger partial charge is 0.354 e. The number of halogens is 1.